The van der Waals surface area contributed by atoms with Crippen LogP contribution in [0.3, 0.4) is 0 Å². The zero-order valence-corrected chi connectivity index (χ0v) is 6.48. The molecular formula is C8H6ClNO. The van der Waals surface area contributed by atoms with Crippen LogP contribution < -0.4 is 0 Å². The van der Waals surface area contributed by atoms with Gasteiger partial charge in [0.05, 0.1) is 0 Å². The molecule has 0 saturated heterocycles. The van der Waals surface area contributed by atoms with Gasteiger partial charge in [0, 0.05) is 16.1 Å². The molecule has 0 spiro atoms. The molecule has 1 aromatic rings. The fraction of sp³-hybridized carbons (Fsp3) is 0.125. The van der Waals surface area contributed by atoms with E-state index in [1.807, 2.05) is 12.1 Å². The van der Waals surface area contributed by atoms with Crippen LogP contribution in [0.25, 0.3) is 0 Å². The molecule has 0 aromatic heterocycles. The van der Waals surface area contributed by atoms with Crippen molar-refractivity contribution in [2.45, 2.75) is 6.61 Å². The molecule has 1 aliphatic rings. The zero-order chi connectivity index (χ0) is 7.84. The minimum absolute atomic E-state index is 0.225. The van der Waals surface area contributed by atoms with Crippen molar-refractivity contribution in [3.05, 3.63) is 34.3 Å². The van der Waals surface area contributed by atoms with Crippen LogP contribution in [0.5, 0.6) is 0 Å². The fourth-order valence-corrected chi connectivity index (χ4v) is 1.29. The first-order valence-electron chi connectivity index (χ1n) is 3.27. The van der Waals surface area contributed by atoms with Crippen molar-refractivity contribution in [1.82, 2.24) is 0 Å². The Morgan fingerprint density at radius 1 is 1.45 bits per heavy atom. The summed E-state index contributed by atoms with van der Waals surface area (Å²) in [7, 11) is 0. The van der Waals surface area contributed by atoms with Gasteiger partial charge in [0.15, 0.2) is 0 Å². The lowest BCUT2D eigenvalue weighted by Gasteiger charge is -1.94. The van der Waals surface area contributed by atoms with Crippen LogP contribution in [-0.2, 0) is 11.3 Å². The smallest absolute Gasteiger partial charge is 0.214 e. The second kappa shape index (κ2) is 2.24. The molecule has 1 aliphatic heterocycles. The highest BCUT2D eigenvalue weighted by Gasteiger charge is 2.16. The van der Waals surface area contributed by atoms with E-state index in [1.54, 1.807) is 6.07 Å². The molecule has 0 fully saturated rings. The molecule has 1 N–H and O–H groups in total. The van der Waals surface area contributed by atoms with Crippen LogP contribution in [0, 0.1) is 5.41 Å². The Hall–Kier alpha value is -1.02. The van der Waals surface area contributed by atoms with Gasteiger partial charge < -0.3 is 4.74 Å². The third-order valence-corrected chi connectivity index (χ3v) is 1.92. The molecular weight excluding hydrogens is 162 g/mol. The normalized spacial score (nSPS) is 14.5. The Bertz CT molecular complexity index is 322. The number of hydrogen-bond donors (Lipinski definition) is 1. The molecule has 56 valence electrons. The third kappa shape index (κ3) is 0.994. The summed E-state index contributed by atoms with van der Waals surface area (Å²) in [5.74, 6) is 0.225. The van der Waals surface area contributed by atoms with Gasteiger partial charge in [-0.1, -0.05) is 17.7 Å². The third-order valence-electron chi connectivity index (χ3n) is 1.69. The lowest BCUT2D eigenvalue weighted by Crippen LogP contribution is -1.92. The maximum atomic E-state index is 7.35. The Morgan fingerprint density at radius 3 is 3.09 bits per heavy atom. The highest BCUT2D eigenvalue weighted by Crippen LogP contribution is 2.22. The molecule has 11 heavy (non-hydrogen) atoms. The first kappa shape index (κ1) is 6.68. The van der Waals surface area contributed by atoms with E-state index in [0.717, 1.165) is 11.1 Å². The molecule has 1 aromatic carbocycles. The number of nitrogens with one attached hydrogen (secondary N) is 1. The summed E-state index contributed by atoms with van der Waals surface area (Å²) < 4.78 is 5.00. The molecule has 3 heteroatoms. The molecule has 0 atom stereocenters. The van der Waals surface area contributed by atoms with Crippen molar-refractivity contribution in [2.24, 2.45) is 0 Å². The van der Waals surface area contributed by atoms with E-state index in [9.17, 15) is 0 Å². The van der Waals surface area contributed by atoms with Gasteiger partial charge in [-0.15, -0.1) is 0 Å². The molecule has 0 unspecified atom stereocenters. The van der Waals surface area contributed by atoms with Gasteiger partial charge in [-0.25, -0.2) is 0 Å². The summed E-state index contributed by atoms with van der Waals surface area (Å²) in [6.45, 7) is 0.505. The average Bonchev–Trinajstić information content (AvgIpc) is 2.33. The van der Waals surface area contributed by atoms with Gasteiger partial charge in [0.1, 0.15) is 6.61 Å². The van der Waals surface area contributed by atoms with Gasteiger partial charge in [-0.2, -0.15) is 0 Å². The predicted molar refractivity (Wildman–Crippen MR) is 43.1 cm³/mol. The summed E-state index contributed by atoms with van der Waals surface area (Å²) >= 11 is 5.74. The molecule has 0 saturated carbocycles. The van der Waals surface area contributed by atoms with Crippen LogP contribution >= 0.6 is 11.6 Å². The molecule has 0 amide bonds. The van der Waals surface area contributed by atoms with Crippen molar-refractivity contribution < 1.29 is 4.74 Å². The molecule has 0 bridgehead atoms. The minimum Gasteiger partial charge on any atom is -0.473 e. The summed E-state index contributed by atoms with van der Waals surface area (Å²) in [6, 6.07) is 5.45. The number of hydrogen-bond acceptors (Lipinski definition) is 2. The van der Waals surface area contributed by atoms with E-state index in [4.69, 9.17) is 21.7 Å². The summed E-state index contributed by atoms with van der Waals surface area (Å²) in [4.78, 5) is 0. The standard InChI is InChI=1S/C8H6ClNO/c9-6-2-1-5-4-11-8(10)7(5)3-6/h1-3,10H,4H2. The molecule has 2 rings (SSSR count). The van der Waals surface area contributed by atoms with Gasteiger partial charge in [-0.05, 0) is 12.1 Å². The van der Waals surface area contributed by atoms with Crippen LogP contribution in [-0.4, -0.2) is 5.90 Å². The maximum absolute atomic E-state index is 7.35. The quantitative estimate of drug-likeness (QED) is 0.632. The first-order valence-corrected chi connectivity index (χ1v) is 3.65. The van der Waals surface area contributed by atoms with Gasteiger partial charge >= 0.3 is 0 Å². The van der Waals surface area contributed by atoms with Crippen LogP contribution in [0.1, 0.15) is 11.1 Å². The first-order chi connectivity index (χ1) is 5.27. The second-order valence-electron chi connectivity index (χ2n) is 2.42. The topological polar surface area (TPSA) is 33.1 Å². The Balaban J connectivity index is 2.60. The molecule has 0 radical (unpaired) electrons. The SMILES string of the molecule is N=C1OCc2ccc(Cl)cc21. The van der Waals surface area contributed by atoms with Crippen molar-refractivity contribution >= 4 is 17.5 Å². The minimum atomic E-state index is 0.225. The highest BCUT2D eigenvalue weighted by molar-refractivity contribution is 6.31. The predicted octanol–water partition coefficient (Wildman–Crippen LogP) is 2.20. The number of rotatable bonds is 0. The maximum Gasteiger partial charge on any atom is 0.214 e. The molecule has 0 aliphatic carbocycles. The number of ether oxygens (including phenoxy) is 1. The van der Waals surface area contributed by atoms with Crippen molar-refractivity contribution in [2.75, 3.05) is 0 Å². The van der Waals surface area contributed by atoms with E-state index < -0.39 is 0 Å². The Kier molecular flexibility index (Phi) is 1.36. The summed E-state index contributed by atoms with van der Waals surface area (Å²) in [5.41, 5.74) is 1.86. The number of benzene rings is 1. The van der Waals surface area contributed by atoms with E-state index in [-0.39, 0.29) is 5.90 Å². The van der Waals surface area contributed by atoms with E-state index in [2.05, 4.69) is 0 Å². The second-order valence-corrected chi connectivity index (χ2v) is 2.86. The van der Waals surface area contributed by atoms with Gasteiger partial charge in [0.25, 0.3) is 0 Å². The van der Waals surface area contributed by atoms with Crippen LogP contribution in [0.2, 0.25) is 5.02 Å². The van der Waals surface area contributed by atoms with E-state index in [1.165, 1.54) is 0 Å². The fourth-order valence-electron chi connectivity index (χ4n) is 1.11. The largest absolute Gasteiger partial charge is 0.473 e. The zero-order valence-electron chi connectivity index (χ0n) is 5.73. The Labute approximate surface area is 69.3 Å². The van der Waals surface area contributed by atoms with E-state index >= 15 is 0 Å². The highest BCUT2D eigenvalue weighted by atomic mass is 35.5. The number of fused-ring (bicyclic) bond motifs is 1. The number of halogens is 1. The molecule has 2 nitrogen and oxygen atoms in total. The molecule has 1 heterocycles. The van der Waals surface area contributed by atoms with Crippen molar-refractivity contribution in [3.63, 3.8) is 0 Å². The van der Waals surface area contributed by atoms with E-state index in [0.29, 0.717) is 11.6 Å². The monoisotopic (exact) mass is 167 g/mol. The van der Waals surface area contributed by atoms with Crippen LogP contribution in [0.4, 0.5) is 0 Å². The lowest BCUT2D eigenvalue weighted by atomic mass is 10.1. The van der Waals surface area contributed by atoms with Gasteiger partial charge in [0.2, 0.25) is 5.90 Å². The lowest BCUT2D eigenvalue weighted by molar-refractivity contribution is 0.310. The average molecular weight is 168 g/mol. The van der Waals surface area contributed by atoms with Crippen molar-refractivity contribution in [1.29, 1.82) is 5.41 Å². The Morgan fingerprint density at radius 2 is 2.27 bits per heavy atom. The summed E-state index contributed by atoms with van der Waals surface area (Å²) in [5, 5.41) is 8.00. The summed E-state index contributed by atoms with van der Waals surface area (Å²) in [6.07, 6.45) is 0. The van der Waals surface area contributed by atoms with Crippen LogP contribution in [0.15, 0.2) is 18.2 Å². The van der Waals surface area contributed by atoms with Gasteiger partial charge in [-0.3, -0.25) is 5.41 Å². The van der Waals surface area contributed by atoms with Crippen molar-refractivity contribution in [3.8, 4) is 0 Å².